The summed E-state index contributed by atoms with van der Waals surface area (Å²) >= 11 is 5.96. The minimum Gasteiger partial charge on any atom is -0.371 e. The Bertz CT molecular complexity index is 866. The number of anilines is 2. The van der Waals surface area contributed by atoms with E-state index >= 15 is 0 Å². The van der Waals surface area contributed by atoms with Gasteiger partial charge < -0.3 is 10.6 Å². The summed E-state index contributed by atoms with van der Waals surface area (Å²) < 4.78 is 0. The van der Waals surface area contributed by atoms with Crippen LogP contribution < -0.4 is 10.6 Å². The second kappa shape index (κ2) is 10.2. The molecule has 2 N–H and O–H groups in total. The van der Waals surface area contributed by atoms with Gasteiger partial charge in [0.05, 0.1) is 5.69 Å². The van der Waals surface area contributed by atoms with E-state index in [-0.39, 0.29) is 5.28 Å². The van der Waals surface area contributed by atoms with E-state index in [4.69, 9.17) is 11.6 Å². The van der Waals surface area contributed by atoms with Crippen LogP contribution in [0.3, 0.4) is 0 Å². The SMILES string of the molecule is C=Nc1c(NC)nc(Cl)nc1NCc1ccc(-c2ccccn2)cc1.CC. The van der Waals surface area contributed by atoms with E-state index in [1.807, 2.05) is 56.3 Å². The van der Waals surface area contributed by atoms with Gasteiger partial charge in [-0.3, -0.25) is 9.98 Å². The zero-order chi connectivity index (χ0) is 19.6. The van der Waals surface area contributed by atoms with Crippen LogP contribution in [-0.2, 0) is 6.54 Å². The predicted octanol–water partition coefficient (Wildman–Crippen LogP) is 5.20. The molecule has 0 atom stereocenters. The zero-order valence-corrected chi connectivity index (χ0v) is 16.5. The number of aromatic nitrogens is 3. The van der Waals surface area contributed by atoms with E-state index in [1.54, 1.807) is 13.2 Å². The Morgan fingerprint density at radius 1 is 1.04 bits per heavy atom. The van der Waals surface area contributed by atoms with Gasteiger partial charge in [-0.1, -0.05) is 44.2 Å². The van der Waals surface area contributed by atoms with Crippen molar-refractivity contribution in [1.29, 1.82) is 0 Å². The molecule has 6 nitrogen and oxygen atoms in total. The third kappa shape index (κ3) is 5.24. The third-order valence-corrected chi connectivity index (χ3v) is 3.80. The van der Waals surface area contributed by atoms with E-state index in [0.717, 1.165) is 16.8 Å². The maximum Gasteiger partial charge on any atom is 0.226 e. The maximum absolute atomic E-state index is 5.96. The molecule has 0 aliphatic carbocycles. The number of hydrogen-bond donors (Lipinski definition) is 2. The highest BCUT2D eigenvalue weighted by Gasteiger charge is 2.11. The van der Waals surface area contributed by atoms with Crippen LogP contribution in [0.5, 0.6) is 0 Å². The minimum atomic E-state index is 0.143. The molecule has 2 aromatic heterocycles. The van der Waals surface area contributed by atoms with Crippen molar-refractivity contribution < 1.29 is 0 Å². The maximum atomic E-state index is 5.96. The standard InChI is InChI=1S/C18H17ClN6.C2H6/c1-20-15-16(21-2)24-18(19)25-17(15)23-11-12-6-8-13(9-7-12)14-5-3-4-10-22-14;1-2/h3-10H,1,11H2,2H3,(H2,21,23,24,25);1-2H3. The first kappa shape index (κ1) is 20.3. The first-order chi connectivity index (χ1) is 13.2. The summed E-state index contributed by atoms with van der Waals surface area (Å²) in [4.78, 5) is 16.6. The van der Waals surface area contributed by atoms with Gasteiger partial charge in [0.25, 0.3) is 0 Å². The molecule has 2 heterocycles. The molecule has 0 aliphatic heterocycles. The van der Waals surface area contributed by atoms with Gasteiger partial charge in [0.1, 0.15) is 5.69 Å². The normalized spacial score (nSPS) is 9.78. The monoisotopic (exact) mass is 382 g/mol. The number of nitrogens with zero attached hydrogens (tertiary/aromatic N) is 4. The zero-order valence-electron chi connectivity index (χ0n) is 15.7. The number of rotatable bonds is 6. The van der Waals surface area contributed by atoms with Crippen molar-refractivity contribution in [2.24, 2.45) is 4.99 Å². The third-order valence-electron chi connectivity index (χ3n) is 3.63. The second-order valence-corrected chi connectivity index (χ2v) is 5.55. The van der Waals surface area contributed by atoms with Gasteiger partial charge in [-0.2, -0.15) is 9.97 Å². The van der Waals surface area contributed by atoms with Crippen LogP contribution in [-0.4, -0.2) is 28.7 Å². The van der Waals surface area contributed by atoms with Crippen molar-refractivity contribution in [1.82, 2.24) is 15.0 Å². The number of benzene rings is 1. The first-order valence-electron chi connectivity index (χ1n) is 8.67. The molecule has 140 valence electrons. The van der Waals surface area contributed by atoms with Crippen LogP contribution in [0.4, 0.5) is 17.3 Å². The summed E-state index contributed by atoms with van der Waals surface area (Å²) in [7, 11) is 1.74. The van der Waals surface area contributed by atoms with Crippen LogP contribution in [0, 0.1) is 0 Å². The lowest BCUT2D eigenvalue weighted by atomic mass is 10.1. The molecule has 0 fully saturated rings. The quantitative estimate of drug-likeness (QED) is 0.452. The van der Waals surface area contributed by atoms with Crippen molar-refractivity contribution >= 4 is 35.6 Å². The highest BCUT2D eigenvalue weighted by molar-refractivity contribution is 6.28. The molecule has 0 radical (unpaired) electrons. The lowest BCUT2D eigenvalue weighted by Crippen LogP contribution is -2.05. The molecule has 3 rings (SSSR count). The van der Waals surface area contributed by atoms with E-state index in [1.165, 1.54) is 0 Å². The van der Waals surface area contributed by atoms with E-state index in [0.29, 0.717) is 23.9 Å². The Balaban J connectivity index is 0.00000126. The second-order valence-electron chi connectivity index (χ2n) is 5.21. The lowest BCUT2D eigenvalue weighted by Gasteiger charge is -2.12. The Labute approximate surface area is 164 Å². The molecule has 0 bridgehead atoms. The molecule has 0 amide bonds. The Hall–Kier alpha value is -2.99. The van der Waals surface area contributed by atoms with Crippen molar-refractivity contribution in [2.45, 2.75) is 20.4 Å². The Morgan fingerprint density at radius 2 is 1.74 bits per heavy atom. The van der Waals surface area contributed by atoms with Gasteiger partial charge in [0, 0.05) is 25.4 Å². The van der Waals surface area contributed by atoms with Crippen molar-refractivity contribution in [3.63, 3.8) is 0 Å². The summed E-state index contributed by atoms with van der Waals surface area (Å²) in [5, 5.41) is 6.31. The van der Waals surface area contributed by atoms with Crippen LogP contribution >= 0.6 is 11.6 Å². The summed E-state index contributed by atoms with van der Waals surface area (Å²) in [6.45, 7) is 8.14. The van der Waals surface area contributed by atoms with Crippen molar-refractivity contribution in [3.8, 4) is 11.3 Å². The largest absolute Gasteiger partial charge is 0.371 e. The van der Waals surface area contributed by atoms with E-state index in [2.05, 4.69) is 37.3 Å². The van der Waals surface area contributed by atoms with Gasteiger partial charge in [-0.05, 0) is 36.0 Å². The number of pyridine rings is 1. The molecule has 1 aromatic carbocycles. The van der Waals surface area contributed by atoms with Crippen molar-refractivity contribution in [3.05, 3.63) is 59.5 Å². The molecule has 0 unspecified atom stereocenters. The Kier molecular flexibility index (Phi) is 7.70. The first-order valence-corrected chi connectivity index (χ1v) is 9.05. The van der Waals surface area contributed by atoms with Crippen LogP contribution in [0.25, 0.3) is 11.3 Å². The number of hydrogen-bond acceptors (Lipinski definition) is 6. The molecule has 0 saturated heterocycles. The molecule has 0 spiro atoms. The number of nitrogens with one attached hydrogen (secondary N) is 2. The fourth-order valence-electron chi connectivity index (χ4n) is 2.39. The van der Waals surface area contributed by atoms with Crippen LogP contribution in [0.2, 0.25) is 5.28 Å². The fourth-order valence-corrected chi connectivity index (χ4v) is 2.56. The van der Waals surface area contributed by atoms with Gasteiger partial charge >= 0.3 is 0 Å². The number of halogens is 1. The summed E-state index contributed by atoms with van der Waals surface area (Å²) in [6, 6.07) is 14.0. The molecule has 0 saturated carbocycles. The number of aliphatic imine (C=N–C) groups is 1. The summed E-state index contributed by atoms with van der Waals surface area (Å²) in [5.74, 6) is 1.07. The summed E-state index contributed by atoms with van der Waals surface area (Å²) in [6.07, 6.45) is 1.78. The van der Waals surface area contributed by atoms with E-state index in [9.17, 15) is 0 Å². The van der Waals surface area contributed by atoms with Crippen LogP contribution in [0.1, 0.15) is 19.4 Å². The van der Waals surface area contributed by atoms with Crippen molar-refractivity contribution in [2.75, 3.05) is 17.7 Å². The molecule has 7 heteroatoms. The highest BCUT2D eigenvalue weighted by atomic mass is 35.5. The minimum absolute atomic E-state index is 0.143. The van der Waals surface area contributed by atoms with Gasteiger partial charge in [-0.25, -0.2) is 0 Å². The molecule has 3 aromatic rings. The topological polar surface area (TPSA) is 75.1 Å². The average molecular weight is 383 g/mol. The smallest absolute Gasteiger partial charge is 0.226 e. The van der Waals surface area contributed by atoms with Crippen LogP contribution in [0.15, 0.2) is 53.7 Å². The summed E-state index contributed by atoms with van der Waals surface area (Å²) in [5.41, 5.74) is 3.65. The highest BCUT2D eigenvalue weighted by Crippen LogP contribution is 2.31. The molecular weight excluding hydrogens is 360 g/mol. The van der Waals surface area contributed by atoms with Gasteiger partial charge in [0.15, 0.2) is 11.6 Å². The molecule has 27 heavy (non-hydrogen) atoms. The lowest BCUT2D eigenvalue weighted by molar-refractivity contribution is 1.08. The van der Waals surface area contributed by atoms with Gasteiger partial charge in [-0.15, -0.1) is 0 Å². The predicted molar refractivity (Wildman–Crippen MR) is 114 cm³/mol. The van der Waals surface area contributed by atoms with Gasteiger partial charge in [0.2, 0.25) is 5.28 Å². The fraction of sp³-hybridized carbons (Fsp3) is 0.200. The Morgan fingerprint density at radius 3 is 2.33 bits per heavy atom. The molecule has 0 aliphatic rings. The van der Waals surface area contributed by atoms with E-state index < -0.39 is 0 Å². The molecular formula is C20H23ClN6. The average Bonchev–Trinajstić information content (AvgIpc) is 2.74.